The predicted octanol–water partition coefficient (Wildman–Crippen LogP) is 5.63. The average molecular weight is 452 g/mol. The van der Waals surface area contributed by atoms with Crippen molar-refractivity contribution in [2.24, 2.45) is 0 Å². The molecule has 0 saturated heterocycles. The van der Waals surface area contributed by atoms with Crippen molar-refractivity contribution in [1.82, 2.24) is 4.98 Å². The number of carbonyl (C=O) groups is 1. The van der Waals surface area contributed by atoms with Crippen molar-refractivity contribution in [1.29, 1.82) is 0 Å². The quantitative estimate of drug-likeness (QED) is 0.376. The second-order valence-electron chi connectivity index (χ2n) is 7.70. The number of halogens is 3. The monoisotopic (exact) mass is 452 g/mol. The number of fused-ring (bicyclic) bond motifs is 2. The molecule has 1 aromatic heterocycles. The van der Waals surface area contributed by atoms with Gasteiger partial charge >= 0.3 is 6.03 Å². The average Bonchev–Trinajstić information content (AvgIpc) is 3.15. The summed E-state index contributed by atoms with van der Waals surface area (Å²) in [6.45, 7) is 1.22. The molecule has 168 valence electrons. The lowest BCUT2D eigenvalue weighted by molar-refractivity contribution is 0.262. The van der Waals surface area contributed by atoms with Crippen LogP contribution in [0.4, 0.5) is 35.0 Å². The van der Waals surface area contributed by atoms with Crippen molar-refractivity contribution in [3.8, 4) is 5.75 Å². The van der Waals surface area contributed by atoms with Crippen LogP contribution in [0.25, 0.3) is 10.9 Å². The van der Waals surface area contributed by atoms with Crippen LogP contribution in [0.3, 0.4) is 0 Å². The number of urea groups is 1. The molecule has 0 saturated carbocycles. The molecule has 2 amide bonds. The summed E-state index contributed by atoms with van der Waals surface area (Å²) in [4.78, 5) is 17.5. The molecule has 0 spiro atoms. The fourth-order valence-electron chi connectivity index (χ4n) is 3.92. The first-order valence-corrected chi connectivity index (χ1v) is 10.3. The molecule has 2 heterocycles. The lowest BCUT2D eigenvalue weighted by Gasteiger charge is -2.31. The fraction of sp³-hybridized carbons (Fsp3) is 0.125. The largest absolute Gasteiger partial charge is 0.490 e. The van der Waals surface area contributed by atoms with Crippen molar-refractivity contribution in [3.63, 3.8) is 0 Å². The van der Waals surface area contributed by atoms with Crippen molar-refractivity contribution in [2.75, 3.05) is 28.7 Å². The first-order chi connectivity index (χ1) is 15.9. The second-order valence-corrected chi connectivity index (χ2v) is 7.70. The van der Waals surface area contributed by atoms with E-state index in [0.717, 1.165) is 6.07 Å². The molecular formula is C24H19F3N4O2. The summed E-state index contributed by atoms with van der Waals surface area (Å²) in [6, 6.07) is 12.3. The number of hydrogen-bond donors (Lipinski definition) is 3. The number of nitrogens with one attached hydrogen (secondary N) is 3. The van der Waals surface area contributed by atoms with Gasteiger partial charge in [0.15, 0.2) is 0 Å². The number of amides is 2. The number of aromatic amines is 1. The highest BCUT2D eigenvalue weighted by Crippen LogP contribution is 2.35. The molecule has 6 nitrogen and oxygen atoms in total. The first kappa shape index (κ1) is 20.7. The van der Waals surface area contributed by atoms with Gasteiger partial charge < -0.3 is 25.3 Å². The molecule has 5 rings (SSSR count). The number of H-pyrrole nitrogens is 1. The minimum Gasteiger partial charge on any atom is -0.490 e. The van der Waals surface area contributed by atoms with E-state index in [9.17, 15) is 18.0 Å². The van der Waals surface area contributed by atoms with E-state index in [1.54, 1.807) is 30.5 Å². The van der Waals surface area contributed by atoms with Crippen LogP contribution in [0.15, 0.2) is 60.8 Å². The van der Waals surface area contributed by atoms with Gasteiger partial charge in [0, 0.05) is 35.4 Å². The Bertz CT molecular complexity index is 1330. The van der Waals surface area contributed by atoms with Gasteiger partial charge in [-0.2, -0.15) is 0 Å². The summed E-state index contributed by atoms with van der Waals surface area (Å²) in [5.74, 6) is -1.07. The second kappa shape index (κ2) is 8.42. The topological polar surface area (TPSA) is 69.4 Å². The molecule has 0 unspecified atom stereocenters. The SMILES string of the molecule is O=C(Nc1ccc2c(c1)N(Cc1cc(F)cc(F)c1)CCO2)Nc1c[nH]c2ccc(F)cc12. The number of carbonyl (C=O) groups excluding carboxylic acids is 1. The van der Waals surface area contributed by atoms with Gasteiger partial charge in [0.2, 0.25) is 0 Å². The van der Waals surface area contributed by atoms with Crippen molar-refractivity contribution < 1.29 is 22.7 Å². The maximum absolute atomic E-state index is 13.6. The maximum Gasteiger partial charge on any atom is 0.323 e. The summed E-state index contributed by atoms with van der Waals surface area (Å²) >= 11 is 0. The number of hydrogen-bond acceptors (Lipinski definition) is 3. The molecule has 3 N–H and O–H groups in total. The minimum absolute atomic E-state index is 0.279. The van der Waals surface area contributed by atoms with Gasteiger partial charge in [-0.3, -0.25) is 0 Å². The third-order valence-corrected chi connectivity index (χ3v) is 5.36. The van der Waals surface area contributed by atoms with E-state index in [0.29, 0.717) is 52.4 Å². The Morgan fingerprint density at radius 1 is 0.970 bits per heavy atom. The molecule has 0 aliphatic carbocycles. The normalized spacial score (nSPS) is 12.9. The van der Waals surface area contributed by atoms with E-state index >= 15 is 0 Å². The first-order valence-electron chi connectivity index (χ1n) is 10.3. The Labute approximate surface area is 187 Å². The number of rotatable bonds is 4. The van der Waals surface area contributed by atoms with Gasteiger partial charge in [-0.25, -0.2) is 18.0 Å². The smallest absolute Gasteiger partial charge is 0.323 e. The molecule has 0 fully saturated rings. The number of anilines is 3. The molecule has 1 aliphatic rings. The molecule has 0 bridgehead atoms. The molecule has 9 heteroatoms. The van der Waals surface area contributed by atoms with E-state index in [4.69, 9.17) is 4.74 Å². The zero-order chi connectivity index (χ0) is 22.9. The van der Waals surface area contributed by atoms with Crippen molar-refractivity contribution in [2.45, 2.75) is 6.54 Å². The summed E-state index contributed by atoms with van der Waals surface area (Å²) in [5, 5.41) is 6.01. The minimum atomic E-state index is -0.636. The third kappa shape index (κ3) is 4.43. The van der Waals surface area contributed by atoms with Crippen LogP contribution in [0.2, 0.25) is 0 Å². The van der Waals surface area contributed by atoms with Crippen LogP contribution < -0.4 is 20.3 Å². The molecule has 3 aromatic carbocycles. The Kier molecular flexibility index (Phi) is 5.29. The van der Waals surface area contributed by atoms with Crippen LogP contribution in [0, 0.1) is 17.5 Å². The molecule has 4 aromatic rings. The number of aromatic nitrogens is 1. The van der Waals surface area contributed by atoms with Gasteiger partial charge in [0.1, 0.15) is 29.8 Å². The molecule has 0 radical (unpaired) electrons. The molecule has 33 heavy (non-hydrogen) atoms. The molecule has 0 atom stereocenters. The van der Waals surface area contributed by atoms with Gasteiger partial charge in [-0.1, -0.05) is 0 Å². The van der Waals surface area contributed by atoms with Crippen molar-refractivity contribution in [3.05, 3.63) is 83.8 Å². The maximum atomic E-state index is 13.6. The van der Waals surface area contributed by atoms with E-state index in [1.807, 2.05) is 4.90 Å². The van der Waals surface area contributed by atoms with Crippen LogP contribution in [0.5, 0.6) is 5.75 Å². The highest BCUT2D eigenvalue weighted by Gasteiger charge is 2.20. The zero-order valence-corrected chi connectivity index (χ0v) is 17.3. The van der Waals surface area contributed by atoms with Crippen LogP contribution in [-0.4, -0.2) is 24.2 Å². The Hall–Kier alpha value is -4.14. The highest BCUT2D eigenvalue weighted by molar-refractivity contribution is 6.06. The number of nitrogens with zero attached hydrogens (tertiary/aromatic N) is 1. The summed E-state index contributed by atoms with van der Waals surface area (Å²) in [7, 11) is 0. The predicted molar refractivity (Wildman–Crippen MR) is 120 cm³/mol. The van der Waals surface area contributed by atoms with Crippen LogP contribution in [-0.2, 0) is 6.54 Å². The zero-order valence-electron chi connectivity index (χ0n) is 17.3. The van der Waals surface area contributed by atoms with Crippen LogP contribution >= 0.6 is 0 Å². The van der Waals surface area contributed by atoms with Gasteiger partial charge in [0.05, 0.1) is 17.9 Å². The summed E-state index contributed by atoms with van der Waals surface area (Å²) < 4.78 is 46.5. The van der Waals surface area contributed by atoms with Gasteiger partial charge in [-0.15, -0.1) is 0 Å². The standard InChI is InChI=1S/C24H19F3N4O2/c25-15-1-3-20-19(10-15)21(12-28-20)30-24(32)29-18-2-4-23-22(11-18)31(5-6-33-23)13-14-7-16(26)9-17(27)8-14/h1-4,7-12,28H,5-6,13H2,(H2,29,30,32). The highest BCUT2D eigenvalue weighted by atomic mass is 19.1. The van der Waals surface area contributed by atoms with Gasteiger partial charge in [-0.05, 0) is 54.1 Å². The molecule has 1 aliphatic heterocycles. The Morgan fingerprint density at radius 2 is 1.79 bits per heavy atom. The van der Waals surface area contributed by atoms with Crippen molar-refractivity contribution >= 4 is 34.0 Å². The lowest BCUT2D eigenvalue weighted by Crippen LogP contribution is -2.32. The van der Waals surface area contributed by atoms with Gasteiger partial charge in [0.25, 0.3) is 0 Å². The number of benzene rings is 3. The summed E-state index contributed by atoms with van der Waals surface area (Å²) in [6.07, 6.45) is 1.59. The van der Waals surface area contributed by atoms with E-state index in [-0.39, 0.29) is 6.54 Å². The number of ether oxygens (including phenoxy) is 1. The Morgan fingerprint density at radius 3 is 2.61 bits per heavy atom. The lowest BCUT2D eigenvalue weighted by atomic mass is 10.1. The van der Waals surface area contributed by atoms with E-state index < -0.39 is 23.5 Å². The molecular weight excluding hydrogens is 433 g/mol. The van der Waals surface area contributed by atoms with E-state index in [1.165, 1.54) is 24.3 Å². The van der Waals surface area contributed by atoms with Crippen LogP contribution in [0.1, 0.15) is 5.56 Å². The third-order valence-electron chi connectivity index (χ3n) is 5.36. The Balaban J connectivity index is 1.34. The summed E-state index contributed by atoms with van der Waals surface area (Å²) in [5.41, 5.74) is 2.82. The van der Waals surface area contributed by atoms with E-state index in [2.05, 4.69) is 15.6 Å². The fourth-order valence-corrected chi connectivity index (χ4v) is 3.92.